The minimum absolute atomic E-state index is 0.114. The first-order valence-corrected chi connectivity index (χ1v) is 5.94. The van der Waals surface area contributed by atoms with Crippen molar-refractivity contribution in [2.24, 2.45) is 5.92 Å². The highest BCUT2D eigenvalue weighted by molar-refractivity contribution is 5.69. The van der Waals surface area contributed by atoms with Gasteiger partial charge in [-0.15, -0.1) is 5.48 Å². The first-order chi connectivity index (χ1) is 6.97. The number of hydrogen-bond donors (Lipinski definition) is 1. The van der Waals surface area contributed by atoms with Crippen LogP contribution in [0.1, 0.15) is 59.3 Å². The van der Waals surface area contributed by atoms with Crippen LogP contribution in [0.15, 0.2) is 0 Å². The Bertz CT molecular complexity index is 202. The van der Waals surface area contributed by atoms with Gasteiger partial charge in [0.25, 0.3) is 0 Å². The van der Waals surface area contributed by atoms with E-state index in [1.54, 1.807) is 0 Å². The molecule has 0 aromatic heterocycles. The molecular formula is C12H23NO2. The van der Waals surface area contributed by atoms with Gasteiger partial charge in [0, 0.05) is 5.54 Å². The van der Waals surface area contributed by atoms with Gasteiger partial charge in [0.15, 0.2) is 0 Å². The molecule has 1 rings (SSSR count). The van der Waals surface area contributed by atoms with Crippen molar-refractivity contribution in [2.45, 2.75) is 64.8 Å². The lowest BCUT2D eigenvalue weighted by atomic mass is 9.87. The Labute approximate surface area is 92.5 Å². The molecule has 0 atom stereocenters. The first-order valence-electron chi connectivity index (χ1n) is 5.94. The summed E-state index contributed by atoms with van der Waals surface area (Å²) in [5.74, 6) is 0.435. The number of hydroxylamine groups is 1. The zero-order valence-electron chi connectivity index (χ0n) is 10.1. The third kappa shape index (κ3) is 5.78. The molecule has 88 valence electrons. The fourth-order valence-electron chi connectivity index (χ4n) is 1.88. The van der Waals surface area contributed by atoms with E-state index in [2.05, 4.69) is 5.48 Å². The maximum absolute atomic E-state index is 11.5. The lowest BCUT2D eigenvalue weighted by molar-refractivity contribution is -0.156. The predicted octanol–water partition coefficient (Wildman–Crippen LogP) is 2.80. The summed E-state index contributed by atoms with van der Waals surface area (Å²) in [6.07, 6.45) is 6.80. The standard InChI is InChI=1S/C12H23NO2/c1-12(2,3)13-15-11(14)9-10-7-5-4-6-8-10/h10,13H,4-9H2,1-3H3. The second kappa shape index (κ2) is 5.50. The summed E-state index contributed by atoms with van der Waals surface area (Å²) >= 11 is 0. The molecule has 0 heterocycles. The van der Waals surface area contributed by atoms with E-state index in [-0.39, 0.29) is 11.5 Å². The van der Waals surface area contributed by atoms with Crippen molar-refractivity contribution in [2.75, 3.05) is 0 Å². The molecule has 0 aromatic carbocycles. The van der Waals surface area contributed by atoms with Gasteiger partial charge in [-0.3, -0.25) is 4.79 Å². The predicted molar refractivity (Wildman–Crippen MR) is 60.2 cm³/mol. The molecule has 0 radical (unpaired) electrons. The van der Waals surface area contributed by atoms with Gasteiger partial charge in [0.2, 0.25) is 0 Å². The van der Waals surface area contributed by atoms with Crippen molar-refractivity contribution in [3.8, 4) is 0 Å². The average molecular weight is 213 g/mol. The van der Waals surface area contributed by atoms with Gasteiger partial charge in [-0.25, -0.2) is 0 Å². The van der Waals surface area contributed by atoms with Crippen LogP contribution in [0.25, 0.3) is 0 Å². The van der Waals surface area contributed by atoms with E-state index >= 15 is 0 Å². The van der Waals surface area contributed by atoms with Gasteiger partial charge in [-0.2, -0.15) is 0 Å². The van der Waals surface area contributed by atoms with E-state index in [1.807, 2.05) is 20.8 Å². The van der Waals surface area contributed by atoms with Crippen molar-refractivity contribution >= 4 is 5.97 Å². The van der Waals surface area contributed by atoms with Crippen LogP contribution in [0.5, 0.6) is 0 Å². The van der Waals surface area contributed by atoms with Crippen molar-refractivity contribution in [1.29, 1.82) is 0 Å². The summed E-state index contributed by atoms with van der Waals surface area (Å²) in [5, 5.41) is 0. The molecule has 0 amide bonds. The van der Waals surface area contributed by atoms with Crippen LogP contribution in [-0.2, 0) is 9.63 Å². The summed E-state index contributed by atoms with van der Waals surface area (Å²) in [4.78, 5) is 16.5. The van der Waals surface area contributed by atoms with Crippen LogP contribution in [0.2, 0.25) is 0 Å². The number of hydrogen-bond acceptors (Lipinski definition) is 3. The highest BCUT2D eigenvalue weighted by atomic mass is 16.7. The molecule has 0 spiro atoms. The summed E-state index contributed by atoms with van der Waals surface area (Å²) in [6.45, 7) is 5.92. The summed E-state index contributed by atoms with van der Waals surface area (Å²) in [5.41, 5.74) is 2.60. The highest BCUT2D eigenvalue weighted by Crippen LogP contribution is 2.26. The summed E-state index contributed by atoms with van der Waals surface area (Å²) in [6, 6.07) is 0. The SMILES string of the molecule is CC(C)(C)NOC(=O)CC1CCCCC1. The molecule has 0 unspecified atom stereocenters. The van der Waals surface area contributed by atoms with Crippen LogP contribution in [0.4, 0.5) is 0 Å². The topological polar surface area (TPSA) is 38.3 Å². The molecule has 1 fully saturated rings. The minimum atomic E-state index is -0.164. The monoisotopic (exact) mass is 213 g/mol. The number of nitrogens with one attached hydrogen (secondary N) is 1. The summed E-state index contributed by atoms with van der Waals surface area (Å²) in [7, 11) is 0. The van der Waals surface area contributed by atoms with Crippen LogP contribution in [0, 0.1) is 5.92 Å². The Kier molecular flexibility index (Phi) is 4.58. The van der Waals surface area contributed by atoms with Crippen molar-refractivity contribution in [3.63, 3.8) is 0 Å². The van der Waals surface area contributed by atoms with Gasteiger partial charge >= 0.3 is 5.97 Å². The van der Waals surface area contributed by atoms with E-state index in [0.29, 0.717) is 12.3 Å². The molecule has 1 aliphatic carbocycles. The number of carbonyl (C=O) groups is 1. The molecule has 0 bridgehead atoms. The molecule has 0 saturated heterocycles. The van der Waals surface area contributed by atoms with Crippen LogP contribution >= 0.6 is 0 Å². The lowest BCUT2D eigenvalue weighted by Gasteiger charge is -2.22. The van der Waals surface area contributed by atoms with Crippen molar-refractivity contribution in [3.05, 3.63) is 0 Å². The average Bonchev–Trinajstić information content (AvgIpc) is 2.15. The quantitative estimate of drug-likeness (QED) is 0.733. The smallest absolute Gasteiger partial charge is 0.325 e. The number of carbonyl (C=O) groups excluding carboxylic acids is 1. The Morgan fingerprint density at radius 2 is 1.87 bits per heavy atom. The minimum Gasteiger partial charge on any atom is -0.370 e. The third-order valence-electron chi connectivity index (χ3n) is 2.65. The highest BCUT2D eigenvalue weighted by Gasteiger charge is 2.19. The zero-order chi connectivity index (χ0) is 11.3. The molecule has 15 heavy (non-hydrogen) atoms. The van der Waals surface area contributed by atoms with Crippen LogP contribution in [0.3, 0.4) is 0 Å². The largest absolute Gasteiger partial charge is 0.370 e. The second-order valence-electron chi connectivity index (χ2n) is 5.53. The van der Waals surface area contributed by atoms with E-state index < -0.39 is 0 Å². The van der Waals surface area contributed by atoms with Crippen molar-refractivity contribution < 1.29 is 9.63 Å². The van der Waals surface area contributed by atoms with E-state index in [4.69, 9.17) is 4.84 Å². The first kappa shape index (κ1) is 12.5. The fraction of sp³-hybridized carbons (Fsp3) is 0.917. The molecule has 0 aromatic rings. The molecular weight excluding hydrogens is 190 g/mol. The maximum atomic E-state index is 11.5. The van der Waals surface area contributed by atoms with E-state index in [9.17, 15) is 4.79 Å². The Morgan fingerprint density at radius 1 is 1.27 bits per heavy atom. The molecule has 3 heteroatoms. The van der Waals surface area contributed by atoms with Gasteiger partial charge < -0.3 is 4.84 Å². The zero-order valence-corrected chi connectivity index (χ0v) is 10.1. The Balaban J connectivity index is 2.17. The van der Waals surface area contributed by atoms with Crippen LogP contribution < -0.4 is 5.48 Å². The van der Waals surface area contributed by atoms with E-state index in [0.717, 1.165) is 0 Å². The molecule has 0 aliphatic heterocycles. The van der Waals surface area contributed by atoms with Crippen LogP contribution in [-0.4, -0.2) is 11.5 Å². The molecule has 1 saturated carbocycles. The molecule has 1 N–H and O–H groups in total. The fourth-order valence-corrected chi connectivity index (χ4v) is 1.88. The third-order valence-corrected chi connectivity index (χ3v) is 2.65. The molecule has 3 nitrogen and oxygen atoms in total. The van der Waals surface area contributed by atoms with Crippen molar-refractivity contribution in [1.82, 2.24) is 5.48 Å². The Hall–Kier alpha value is -0.570. The van der Waals surface area contributed by atoms with Gasteiger partial charge in [0.05, 0.1) is 6.42 Å². The maximum Gasteiger partial charge on any atom is 0.325 e. The van der Waals surface area contributed by atoms with Gasteiger partial charge in [0.1, 0.15) is 0 Å². The summed E-state index contributed by atoms with van der Waals surface area (Å²) < 4.78 is 0. The van der Waals surface area contributed by atoms with Gasteiger partial charge in [-0.05, 0) is 39.5 Å². The van der Waals surface area contributed by atoms with E-state index in [1.165, 1.54) is 32.1 Å². The Morgan fingerprint density at radius 3 is 2.40 bits per heavy atom. The lowest BCUT2D eigenvalue weighted by Crippen LogP contribution is -2.38. The van der Waals surface area contributed by atoms with Gasteiger partial charge in [-0.1, -0.05) is 19.3 Å². The molecule has 1 aliphatic rings. The number of rotatable bonds is 3. The normalized spacial score (nSPS) is 18.9. The second-order valence-corrected chi connectivity index (χ2v) is 5.53.